The topological polar surface area (TPSA) is 95.7 Å². The van der Waals surface area contributed by atoms with Crippen molar-refractivity contribution in [1.82, 2.24) is 4.98 Å². The molecule has 0 aliphatic carbocycles. The van der Waals surface area contributed by atoms with Crippen LogP contribution in [0.4, 0.5) is 5.69 Å². The molecule has 0 radical (unpaired) electrons. The van der Waals surface area contributed by atoms with Crippen LogP contribution >= 0.6 is 11.3 Å². The number of hydrogen-bond acceptors (Lipinski definition) is 7. The lowest BCUT2D eigenvalue weighted by Crippen LogP contribution is -2.14. The van der Waals surface area contributed by atoms with E-state index in [1.54, 1.807) is 17.5 Å². The van der Waals surface area contributed by atoms with Gasteiger partial charge in [0.25, 0.3) is 5.91 Å². The predicted octanol–water partition coefficient (Wildman–Crippen LogP) is 1.92. The number of aromatic nitrogens is 1. The van der Waals surface area contributed by atoms with Gasteiger partial charge in [-0.25, -0.2) is 4.98 Å². The van der Waals surface area contributed by atoms with Crippen LogP contribution in [0, 0.1) is 0 Å². The number of carbonyl (C=O) groups is 1. The van der Waals surface area contributed by atoms with Gasteiger partial charge in [-0.2, -0.15) is 0 Å². The first-order valence-corrected chi connectivity index (χ1v) is 7.76. The van der Waals surface area contributed by atoms with E-state index in [0.29, 0.717) is 41.6 Å². The van der Waals surface area contributed by atoms with E-state index in [4.69, 9.17) is 19.9 Å². The summed E-state index contributed by atoms with van der Waals surface area (Å²) in [6, 6.07) is 3.29. The molecule has 0 saturated heterocycles. The van der Waals surface area contributed by atoms with Crippen LogP contribution in [-0.2, 0) is 6.42 Å². The Balaban J connectivity index is 2.25. The fourth-order valence-corrected chi connectivity index (χ4v) is 2.76. The summed E-state index contributed by atoms with van der Waals surface area (Å²) >= 11 is 1.41. The summed E-state index contributed by atoms with van der Waals surface area (Å²) in [5.41, 5.74) is 6.31. The van der Waals surface area contributed by atoms with Crippen molar-refractivity contribution >= 4 is 22.9 Å². The second-order valence-electron chi connectivity index (χ2n) is 4.53. The van der Waals surface area contributed by atoms with Crippen LogP contribution in [0.15, 0.2) is 17.5 Å². The van der Waals surface area contributed by atoms with Crippen LogP contribution in [0.2, 0.25) is 0 Å². The second kappa shape index (κ2) is 7.80. The van der Waals surface area contributed by atoms with Crippen molar-refractivity contribution < 1.29 is 19.0 Å². The molecule has 2 rings (SSSR count). The number of nitrogens with zero attached hydrogens (tertiary/aromatic N) is 1. The van der Waals surface area contributed by atoms with Crippen LogP contribution in [0.1, 0.15) is 15.5 Å². The average molecular weight is 337 g/mol. The molecule has 23 heavy (non-hydrogen) atoms. The van der Waals surface area contributed by atoms with Gasteiger partial charge in [-0.15, -0.1) is 11.3 Å². The predicted molar refractivity (Wildman–Crippen MR) is 88.9 cm³/mol. The number of nitrogens with two attached hydrogens (primary N) is 1. The fraction of sp³-hybridized carbons (Fsp3) is 0.333. The van der Waals surface area contributed by atoms with Crippen LogP contribution in [0.5, 0.6) is 17.2 Å². The summed E-state index contributed by atoms with van der Waals surface area (Å²) in [7, 11) is 4.57. The SMILES string of the molecule is COc1cc(OC)c(OC)cc1NC(=O)c1csc(CCN)n1. The molecule has 0 saturated carbocycles. The Morgan fingerprint density at radius 1 is 1.17 bits per heavy atom. The van der Waals surface area contributed by atoms with Crippen molar-refractivity contribution in [2.45, 2.75) is 6.42 Å². The highest BCUT2D eigenvalue weighted by Crippen LogP contribution is 2.37. The van der Waals surface area contributed by atoms with Gasteiger partial charge in [0, 0.05) is 23.9 Å². The number of anilines is 1. The van der Waals surface area contributed by atoms with Crippen molar-refractivity contribution in [1.29, 1.82) is 0 Å². The summed E-state index contributed by atoms with van der Waals surface area (Å²) in [5.74, 6) is 1.15. The van der Waals surface area contributed by atoms with E-state index >= 15 is 0 Å². The van der Waals surface area contributed by atoms with Gasteiger partial charge in [-0.05, 0) is 6.54 Å². The summed E-state index contributed by atoms with van der Waals surface area (Å²) in [5, 5.41) is 5.31. The maximum atomic E-state index is 12.3. The maximum absolute atomic E-state index is 12.3. The number of methoxy groups -OCH3 is 3. The molecule has 1 amide bonds. The van der Waals surface area contributed by atoms with E-state index in [2.05, 4.69) is 10.3 Å². The van der Waals surface area contributed by atoms with Crippen LogP contribution in [-0.4, -0.2) is 38.8 Å². The van der Waals surface area contributed by atoms with Gasteiger partial charge in [0.15, 0.2) is 11.5 Å². The number of nitrogens with one attached hydrogen (secondary N) is 1. The van der Waals surface area contributed by atoms with Crippen molar-refractivity contribution in [2.24, 2.45) is 5.73 Å². The van der Waals surface area contributed by atoms with Gasteiger partial charge in [0.05, 0.1) is 32.0 Å². The highest BCUT2D eigenvalue weighted by molar-refractivity contribution is 7.09. The number of rotatable bonds is 7. The number of benzene rings is 1. The third kappa shape index (κ3) is 3.91. The smallest absolute Gasteiger partial charge is 0.275 e. The van der Waals surface area contributed by atoms with Gasteiger partial charge >= 0.3 is 0 Å². The number of carbonyl (C=O) groups excluding carboxylic acids is 1. The molecular formula is C15H19N3O4S. The molecule has 1 heterocycles. The summed E-state index contributed by atoms with van der Waals surface area (Å²) in [4.78, 5) is 16.6. The van der Waals surface area contributed by atoms with Crippen molar-refractivity contribution in [3.8, 4) is 17.2 Å². The first-order valence-electron chi connectivity index (χ1n) is 6.88. The minimum Gasteiger partial charge on any atom is -0.494 e. The van der Waals surface area contributed by atoms with Crippen molar-refractivity contribution in [3.63, 3.8) is 0 Å². The molecule has 0 unspecified atom stereocenters. The van der Waals surface area contributed by atoms with Gasteiger partial charge < -0.3 is 25.3 Å². The van der Waals surface area contributed by atoms with Crippen LogP contribution in [0.3, 0.4) is 0 Å². The zero-order chi connectivity index (χ0) is 16.8. The fourth-order valence-electron chi connectivity index (χ4n) is 1.97. The molecule has 0 fully saturated rings. The zero-order valence-electron chi connectivity index (χ0n) is 13.2. The number of amides is 1. The third-order valence-corrected chi connectivity index (χ3v) is 4.01. The Morgan fingerprint density at radius 2 is 1.83 bits per heavy atom. The van der Waals surface area contributed by atoms with Gasteiger partial charge in [-0.3, -0.25) is 4.79 Å². The molecule has 0 bridgehead atoms. The van der Waals surface area contributed by atoms with E-state index in [1.807, 2.05) is 0 Å². The van der Waals surface area contributed by atoms with Gasteiger partial charge in [-0.1, -0.05) is 0 Å². The Morgan fingerprint density at radius 3 is 2.43 bits per heavy atom. The molecule has 8 heteroatoms. The quantitative estimate of drug-likeness (QED) is 0.801. The molecule has 7 nitrogen and oxygen atoms in total. The van der Waals surface area contributed by atoms with Crippen LogP contribution in [0.25, 0.3) is 0 Å². The largest absolute Gasteiger partial charge is 0.494 e. The minimum absolute atomic E-state index is 0.324. The molecule has 0 atom stereocenters. The Kier molecular flexibility index (Phi) is 5.78. The first-order chi connectivity index (χ1) is 11.1. The molecule has 0 aliphatic rings. The van der Waals surface area contributed by atoms with E-state index < -0.39 is 0 Å². The maximum Gasteiger partial charge on any atom is 0.275 e. The molecule has 124 valence electrons. The second-order valence-corrected chi connectivity index (χ2v) is 5.47. The minimum atomic E-state index is -0.324. The lowest BCUT2D eigenvalue weighted by Gasteiger charge is -2.14. The summed E-state index contributed by atoms with van der Waals surface area (Å²) in [6.45, 7) is 0.498. The van der Waals surface area contributed by atoms with Crippen molar-refractivity contribution in [3.05, 3.63) is 28.2 Å². The molecule has 1 aromatic carbocycles. The molecular weight excluding hydrogens is 318 g/mol. The molecule has 0 spiro atoms. The highest BCUT2D eigenvalue weighted by atomic mass is 32.1. The van der Waals surface area contributed by atoms with Gasteiger partial charge in [0.1, 0.15) is 11.4 Å². The van der Waals surface area contributed by atoms with E-state index in [1.165, 1.54) is 32.7 Å². The zero-order valence-corrected chi connectivity index (χ0v) is 14.0. The first kappa shape index (κ1) is 17.0. The lowest BCUT2D eigenvalue weighted by molar-refractivity contribution is 0.102. The Hall–Kier alpha value is -2.32. The van der Waals surface area contributed by atoms with Gasteiger partial charge in [0.2, 0.25) is 0 Å². The standard InChI is InChI=1S/C15H19N3O4S/c1-20-11-7-13(22-3)12(21-2)6-9(11)18-15(19)10-8-23-14(17-10)4-5-16/h6-8H,4-5,16H2,1-3H3,(H,18,19). The van der Waals surface area contributed by atoms with Crippen LogP contribution < -0.4 is 25.3 Å². The van der Waals surface area contributed by atoms with E-state index in [0.717, 1.165) is 5.01 Å². The Bertz CT molecular complexity index is 687. The number of thiazole rings is 1. The Labute approximate surface area is 138 Å². The number of ether oxygens (including phenoxy) is 3. The normalized spacial score (nSPS) is 10.3. The summed E-state index contributed by atoms with van der Waals surface area (Å²) < 4.78 is 15.7. The van der Waals surface area contributed by atoms with Crippen molar-refractivity contribution in [2.75, 3.05) is 33.2 Å². The molecule has 2 aromatic rings. The lowest BCUT2D eigenvalue weighted by atomic mass is 10.2. The molecule has 0 aliphatic heterocycles. The third-order valence-electron chi connectivity index (χ3n) is 3.10. The molecule has 3 N–H and O–H groups in total. The van der Waals surface area contributed by atoms with E-state index in [9.17, 15) is 4.79 Å². The summed E-state index contributed by atoms with van der Waals surface area (Å²) in [6.07, 6.45) is 0.650. The van der Waals surface area contributed by atoms with E-state index in [-0.39, 0.29) is 5.91 Å². The average Bonchev–Trinajstić information content (AvgIpc) is 3.03. The number of hydrogen-bond donors (Lipinski definition) is 2. The molecule has 1 aromatic heterocycles. The highest BCUT2D eigenvalue weighted by Gasteiger charge is 2.16. The monoisotopic (exact) mass is 337 g/mol.